The number of hydrogen-bond acceptors (Lipinski definition) is 7. The summed E-state index contributed by atoms with van der Waals surface area (Å²) in [5, 5.41) is 2.22. The maximum absolute atomic E-state index is 13.0. The number of nitrogens with zero attached hydrogens (tertiary/aromatic N) is 3. The van der Waals surface area contributed by atoms with Gasteiger partial charge < -0.3 is 5.73 Å². The van der Waals surface area contributed by atoms with Crippen molar-refractivity contribution in [3.8, 4) is 0 Å². The summed E-state index contributed by atoms with van der Waals surface area (Å²) in [6.07, 6.45) is 0.268. The molecule has 0 aliphatic carbocycles. The van der Waals surface area contributed by atoms with E-state index in [1.165, 1.54) is 0 Å². The molecular weight excluding hydrogens is 398 g/mol. The van der Waals surface area contributed by atoms with Crippen molar-refractivity contribution in [2.24, 2.45) is 5.73 Å². The molecule has 3 aliphatic rings. The molecule has 0 saturated carbocycles. The van der Waals surface area contributed by atoms with E-state index in [0.29, 0.717) is 24.2 Å². The van der Waals surface area contributed by atoms with Crippen LogP contribution in [0.4, 0.5) is 0 Å². The quantitative estimate of drug-likeness (QED) is 0.633. The van der Waals surface area contributed by atoms with Crippen LogP contribution in [0.1, 0.15) is 53.0 Å². The summed E-state index contributed by atoms with van der Waals surface area (Å²) in [6, 6.07) is 4.38. The molecule has 0 aromatic heterocycles. The van der Waals surface area contributed by atoms with E-state index in [1.807, 2.05) is 6.07 Å². The Balaban J connectivity index is 1.51. The van der Waals surface area contributed by atoms with E-state index in [4.69, 9.17) is 5.73 Å². The highest BCUT2D eigenvalue weighted by molar-refractivity contribution is 6.23. The van der Waals surface area contributed by atoms with Gasteiger partial charge in [0.15, 0.2) is 0 Å². The number of nitrogens with two attached hydrogens (primary N) is 1. The fraction of sp³-hybridized carbons (Fsp3) is 0.545. The number of piperidine rings is 1. The maximum atomic E-state index is 13.0. The lowest BCUT2D eigenvalue weighted by Crippen LogP contribution is -2.59. The second kappa shape index (κ2) is 8.14. The molecule has 4 rings (SSSR count). The summed E-state index contributed by atoms with van der Waals surface area (Å²) in [5.41, 5.74) is 7.24. The normalized spacial score (nSPS) is 24.5. The summed E-state index contributed by atoms with van der Waals surface area (Å²) in [6.45, 7) is 9.31. The molecule has 3 aliphatic heterocycles. The Morgan fingerprint density at radius 3 is 2.52 bits per heavy atom. The number of imide groups is 2. The highest BCUT2D eigenvalue weighted by atomic mass is 16.2. The Bertz CT molecular complexity index is 944. The molecular formula is C22H29N5O4. The number of fused-ring (bicyclic) bond motifs is 1. The Labute approximate surface area is 181 Å². The Kier molecular flexibility index (Phi) is 5.67. The molecule has 0 bridgehead atoms. The first-order valence-electron chi connectivity index (χ1n) is 10.7. The van der Waals surface area contributed by atoms with Crippen molar-refractivity contribution in [2.45, 2.75) is 44.8 Å². The monoisotopic (exact) mass is 427 g/mol. The molecule has 2 fully saturated rings. The topological polar surface area (TPSA) is 116 Å². The molecule has 3 heterocycles. The van der Waals surface area contributed by atoms with Crippen molar-refractivity contribution in [3.05, 3.63) is 34.9 Å². The molecule has 2 saturated heterocycles. The third-order valence-electron chi connectivity index (χ3n) is 6.48. The van der Waals surface area contributed by atoms with Crippen molar-refractivity contribution < 1.29 is 19.2 Å². The predicted molar refractivity (Wildman–Crippen MR) is 113 cm³/mol. The lowest BCUT2D eigenvalue weighted by molar-refractivity contribution is -0.136. The third-order valence-corrected chi connectivity index (χ3v) is 6.48. The number of benzene rings is 1. The number of rotatable bonds is 5. The van der Waals surface area contributed by atoms with E-state index < -0.39 is 23.8 Å². The molecule has 1 atom stereocenters. The summed E-state index contributed by atoms with van der Waals surface area (Å²) >= 11 is 0. The van der Waals surface area contributed by atoms with E-state index in [9.17, 15) is 19.2 Å². The Hall–Kier alpha value is -2.62. The zero-order valence-electron chi connectivity index (χ0n) is 18.0. The fourth-order valence-corrected chi connectivity index (χ4v) is 4.79. The van der Waals surface area contributed by atoms with Crippen LogP contribution in [0.2, 0.25) is 0 Å². The van der Waals surface area contributed by atoms with E-state index >= 15 is 0 Å². The van der Waals surface area contributed by atoms with Gasteiger partial charge in [-0.05, 0) is 38.0 Å². The largest absolute Gasteiger partial charge is 0.329 e. The average Bonchev–Trinajstić information content (AvgIpc) is 2.94. The summed E-state index contributed by atoms with van der Waals surface area (Å²) in [4.78, 5) is 55.3. The Morgan fingerprint density at radius 1 is 1.10 bits per heavy atom. The van der Waals surface area contributed by atoms with Crippen LogP contribution in [0.3, 0.4) is 0 Å². The van der Waals surface area contributed by atoms with Crippen molar-refractivity contribution in [1.29, 1.82) is 0 Å². The first-order valence-corrected chi connectivity index (χ1v) is 10.7. The minimum absolute atomic E-state index is 0.0506. The SMILES string of the molecule is CC1(C)CN(CCN)CCN1Cc1ccc2c(c1)C(=O)N(C1CCC(=O)NC1=O)C2=O. The smallest absolute Gasteiger partial charge is 0.262 e. The molecule has 0 radical (unpaired) electrons. The standard InChI is InChI=1S/C22H29N5O4/c1-22(2)13-25(8-7-23)9-10-26(22)12-14-3-4-15-16(11-14)21(31)27(20(15)30)17-5-6-18(28)24-19(17)29/h3-4,11,17H,5-10,12-13,23H2,1-2H3,(H,24,28,29). The number of carbonyl (C=O) groups is 4. The van der Waals surface area contributed by atoms with Crippen LogP contribution in [-0.4, -0.2) is 82.6 Å². The molecule has 166 valence electrons. The van der Waals surface area contributed by atoms with Gasteiger partial charge in [0.1, 0.15) is 6.04 Å². The van der Waals surface area contributed by atoms with Gasteiger partial charge in [0.05, 0.1) is 11.1 Å². The average molecular weight is 428 g/mol. The van der Waals surface area contributed by atoms with Crippen LogP contribution in [0.5, 0.6) is 0 Å². The van der Waals surface area contributed by atoms with E-state index in [2.05, 4.69) is 29.0 Å². The zero-order valence-corrected chi connectivity index (χ0v) is 18.0. The van der Waals surface area contributed by atoms with Gasteiger partial charge in [0, 0.05) is 51.2 Å². The van der Waals surface area contributed by atoms with Crippen LogP contribution in [-0.2, 0) is 16.1 Å². The predicted octanol–water partition coefficient (Wildman–Crippen LogP) is -0.0573. The lowest BCUT2D eigenvalue weighted by Gasteiger charge is -2.47. The summed E-state index contributed by atoms with van der Waals surface area (Å²) in [5.74, 6) is -1.92. The first-order chi connectivity index (χ1) is 14.7. The van der Waals surface area contributed by atoms with Crippen molar-refractivity contribution in [1.82, 2.24) is 20.0 Å². The molecule has 9 nitrogen and oxygen atoms in total. The number of piperazine rings is 1. The van der Waals surface area contributed by atoms with Crippen LogP contribution >= 0.6 is 0 Å². The molecule has 9 heteroatoms. The minimum Gasteiger partial charge on any atom is -0.329 e. The highest BCUT2D eigenvalue weighted by Gasteiger charge is 2.44. The second-order valence-corrected chi connectivity index (χ2v) is 9.13. The van der Waals surface area contributed by atoms with E-state index in [1.54, 1.807) is 12.1 Å². The minimum atomic E-state index is -0.942. The number of carbonyl (C=O) groups excluding carboxylic acids is 4. The van der Waals surface area contributed by atoms with Crippen LogP contribution in [0.15, 0.2) is 18.2 Å². The number of amides is 4. The van der Waals surface area contributed by atoms with Gasteiger partial charge in [0.2, 0.25) is 11.8 Å². The molecule has 31 heavy (non-hydrogen) atoms. The molecule has 1 aromatic carbocycles. The Morgan fingerprint density at radius 2 is 1.84 bits per heavy atom. The molecule has 1 aromatic rings. The van der Waals surface area contributed by atoms with Crippen LogP contribution in [0.25, 0.3) is 0 Å². The van der Waals surface area contributed by atoms with Gasteiger partial charge in [0.25, 0.3) is 11.8 Å². The third kappa shape index (κ3) is 4.00. The molecule has 0 spiro atoms. The van der Waals surface area contributed by atoms with E-state index in [-0.39, 0.29) is 24.3 Å². The molecule has 4 amide bonds. The fourth-order valence-electron chi connectivity index (χ4n) is 4.79. The van der Waals surface area contributed by atoms with Crippen molar-refractivity contribution in [2.75, 3.05) is 32.7 Å². The number of hydrogen-bond donors (Lipinski definition) is 2. The van der Waals surface area contributed by atoms with Gasteiger partial charge in [-0.15, -0.1) is 0 Å². The first kappa shape index (κ1) is 21.6. The van der Waals surface area contributed by atoms with Gasteiger partial charge in [-0.3, -0.25) is 39.2 Å². The second-order valence-electron chi connectivity index (χ2n) is 9.13. The van der Waals surface area contributed by atoms with Gasteiger partial charge in [-0.25, -0.2) is 0 Å². The van der Waals surface area contributed by atoms with Crippen molar-refractivity contribution in [3.63, 3.8) is 0 Å². The highest BCUT2D eigenvalue weighted by Crippen LogP contribution is 2.30. The summed E-state index contributed by atoms with van der Waals surface area (Å²) in [7, 11) is 0. The maximum Gasteiger partial charge on any atom is 0.262 e. The van der Waals surface area contributed by atoms with Gasteiger partial charge in [-0.2, -0.15) is 0 Å². The van der Waals surface area contributed by atoms with Crippen molar-refractivity contribution >= 4 is 23.6 Å². The lowest BCUT2D eigenvalue weighted by atomic mass is 9.97. The van der Waals surface area contributed by atoms with E-state index in [0.717, 1.165) is 36.6 Å². The van der Waals surface area contributed by atoms with Gasteiger partial charge in [-0.1, -0.05) is 6.07 Å². The molecule has 3 N–H and O–H groups in total. The van der Waals surface area contributed by atoms with Crippen LogP contribution < -0.4 is 11.1 Å². The zero-order chi connectivity index (χ0) is 22.3. The van der Waals surface area contributed by atoms with Crippen LogP contribution in [0, 0.1) is 0 Å². The van der Waals surface area contributed by atoms with Gasteiger partial charge >= 0.3 is 0 Å². The summed E-state index contributed by atoms with van der Waals surface area (Å²) < 4.78 is 0. The molecule has 1 unspecified atom stereocenters. The number of nitrogens with one attached hydrogen (secondary N) is 1.